The van der Waals surface area contributed by atoms with Gasteiger partial charge >= 0.3 is 0 Å². The van der Waals surface area contributed by atoms with Crippen molar-refractivity contribution in [1.29, 1.82) is 0 Å². The zero-order chi connectivity index (χ0) is 13.8. The molecule has 19 heavy (non-hydrogen) atoms. The van der Waals surface area contributed by atoms with Gasteiger partial charge in [-0.15, -0.1) is 11.8 Å². The van der Waals surface area contributed by atoms with Gasteiger partial charge in [-0.05, 0) is 29.8 Å². The number of amides is 1. The number of thioether (sulfide) groups is 1. The largest absolute Gasteiger partial charge is 0.398 e. The molecular weight excluding hydrogens is 280 g/mol. The van der Waals surface area contributed by atoms with Gasteiger partial charge in [-0.3, -0.25) is 4.79 Å². The van der Waals surface area contributed by atoms with Gasteiger partial charge in [-0.25, -0.2) is 0 Å². The lowest BCUT2D eigenvalue weighted by Gasteiger charge is -2.08. The summed E-state index contributed by atoms with van der Waals surface area (Å²) in [7, 11) is 0. The molecule has 4 N–H and O–H groups in total. The SMILES string of the molecule is NC(=O)c1cccc(CSc2c(N)cccc2Cl)c1. The van der Waals surface area contributed by atoms with Gasteiger partial charge in [0.05, 0.1) is 5.02 Å². The van der Waals surface area contributed by atoms with E-state index in [-0.39, 0.29) is 0 Å². The first-order valence-corrected chi connectivity index (χ1v) is 7.00. The van der Waals surface area contributed by atoms with E-state index in [9.17, 15) is 4.79 Å². The molecule has 5 heteroatoms. The minimum absolute atomic E-state index is 0.427. The molecule has 0 aliphatic carbocycles. The maximum absolute atomic E-state index is 11.1. The molecule has 0 spiro atoms. The number of halogens is 1. The Morgan fingerprint density at radius 2 is 1.95 bits per heavy atom. The lowest BCUT2D eigenvalue weighted by atomic mass is 10.1. The Morgan fingerprint density at radius 3 is 2.63 bits per heavy atom. The number of carbonyl (C=O) groups excluding carboxylic acids is 1. The minimum atomic E-state index is -0.427. The monoisotopic (exact) mass is 292 g/mol. The minimum Gasteiger partial charge on any atom is -0.398 e. The summed E-state index contributed by atoms with van der Waals surface area (Å²) in [6, 6.07) is 12.7. The summed E-state index contributed by atoms with van der Waals surface area (Å²) in [6.07, 6.45) is 0. The van der Waals surface area contributed by atoms with Gasteiger partial charge in [-0.1, -0.05) is 29.8 Å². The van der Waals surface area contributed by atoms with Gasteiger partial charge in [0.2, 0.25) is 5.91 Å². The van der Waals surface area contributed by atoms with Gasteiger partial charge in [-0.2, -0.15) is 0 Å². The highest BCUT2D eigenvalue weighted by atomic mass is 35.5. The predicted octanol–water partition coefficient (Wildman–Crippen LogP) is 3.31. The van der Waals surface area contributed by atoms with Crippen molar-refractivity contribution in [1.82, 2.24) is 0 Å². The Labute approximate surface area is 120 Å². The van der Waals surface area contributed by atoms with E-state index in [1.165, 1.54) is 11.8 Å². The Balaban J connectivity index is 2.15. The highest BCUT2D eigenvalue weighted by Crippen LogP contribution is 2.34. The zero-order valence-electron chi connectivity index (χ0n) is 10.1. The normalized spacial score (nSPS) is 10.4. The summed E-state index contributed by atoms with van der Waals surface area (Å²) in [5.74, 6) is 0.249. The average Bonchev–Trinajstić information content (AvgIpc) is 2.38. The number of primary amides is 1. The predicted molar refractivity (Wildman–Crippen MR) is 80.4 cm³/mol. The van der Waals surface area contributed by atoms with E-state index in [4.69, 9.17) is 23.1 Å². The van der Waals surface area contributed by atoms with Crippen molar-refractivity contribution in [2.24, 2.45) is 5.73 Å². The van der Waals surface area contributed by atoms with Gasteiger partial charge in [0.25, 0.3) is 0 Å². The van der Waals surface area contributed by atoms with Crippen molar-refractivity contribution in [3.05, 3.63) is 58.6 Å². The Morgan fingerprint density at radius 1 is 1.21 bits per heavy atom. The van der Waals surface area contributed by atoms with E-state index in [0.717, 1.165) is 10.5 Å². The lowest BCUT2D eigenvalue weighted by molar-refractivity contribution is 0.1000. The fourth-order valence-corrected chi connectivity index (χ4v) is 2.92. The molecule has 98 valence electrons. The lowest BCUT2D eigenvalue weighted by Crippen LogP contribution is -2.10. The molecule has 0 unspecified atom stereocenters. The third-order valence-electron chi connectivity index (χ3n) is 2.59. The number of nitrogen functional groups attached to an aromatic ring is 1. The van der Waals surface area contributed by atoms with E-state index in [2.05, 4.69) is 0 Å². The molecule has 2 aromatic carbocycles. The molecular formula is C14H13ClN2OS. The van der Waals surface area contributed by atoms with Gasteiger partial charge in [0, 0.05) is 21.9 Å². The highest BCUT2D eigenvalue weighted by Gasteiger charge is 2.07. The van der Waals surface area contributed by atoms with Crippen molar-refractivity contribution >= 4 is 35.0 Å². The van der Waals surface area contributed by atoms with Crippen molar-refractivity contribution < 1.29 is 4.79 Å². The number of nitrogens with two attached hydrogens (primary N) is 2. The van der Waals surface area contributed by atoms with Crippen LogP contribution in [0.25, 0.3) is 0 Å². The Hall–Kier alpha value is -1.65. The average molecular weight is 293 g/mol. The van der Waals surface area contributed by atoms with Crippen molar-refractivity contribution in [2.45, 2.75) is 10.6 Å². The first kappa shape index (κ1) is 13.8. The van der Waals surface area contributed by atoms with Crippen LogP contribution in [0, 0.1) is 0 Å². The first-order valence-electron chi connectivity index (χ1n) is 5.63. The van der Waals surface area contributed by atoms with Crippen LogP contribution in [0.5, 0.6) is 0 Å². The molecule has 0 saturated heterocycles. The second-order valence-electron chi connectivity index (χ2n) is 4.01. The van der Waals surface area contributed by atoms with Crippen molar-refractivity contribution in [3.63, 3.8) is 0 Å². The van der Waals surface area contributed by atoms with E-state index < -0.39 is 5.91 Å². The smallest absolute Gasteiger partial charge is 0.248 e. The molecule has 2 aromatic rings. The van der Waals surface area contributed by atoms with Crippen LogP contribution in [-0.4, -0.2) is 5.91 Å². The number of hydrogen-bond donors (Lipinski definition) is 2. The molecule has 0 aliphatic heterocycles. The number of anilines is 1. The van der Waals surface area contributed by atoms with E-state index >= 15 is 0 Å². The molecule has 0 radical (unpaired) electrons. The summed E-state index contributed by atoms with van der Waals surface area (Å²) in [5, 5.41) is 0.635. The van der Waals surface area contributed by atoms with Gasteiger partial charge in [0.1, 0.15) is 0 Å². The number of hydrogen-bond acceptors (Lipinski definition) is 3. The van der Waals surface area contributed by atoms with Crippen LogP contribution < -0.4 is 11.5 Å². The summed E-state index contributed by atoms with van der Waals surface area (Å²) >= 11 is 7.64. The summed E-state index contributed by atoms with van der Waals surface area (Å²) in [6.45, 7) is 0. The van der Waals surface area contributed by atoms with Crippen LogP contribution in [0.1, 0.15) is 15.9 Å². The number of benzene rings is 2. The van der Waals surface area contributed by atoms with Gasteiger partial charge < -0.3 is 11.5 Å². The quantitative estimate of drug-likeness (QED) is 0.671. The van der Waals surface area contributed by atoms with Crippen LogP contribution in [0.4, 0.5) is 5.69 Å². The number of carbonyl (C=O) groups is 1. The second kappa shape index (κ2) is 5.99. The zero-order valence-corrected chi connectivity index (χ0v) is 11.7. The molecule has 0 aromatic heterocycles. The molecule has 0 saturated carbocycles. The summed E-state index contributed by atoms with van der Waals surface area (Å²) in [4.78, 5) is 12.0. The van der Waals surface area contributed by atoms with Crippen molar-refractivity contribution in [3.8, 4) is 0 Å². The molecule has 0 aliphatic rings. The van der Waals surface area contributed by atoms with Crippen molar-refractivity contribution in [2.75, 3.05) is 5.73 Å². The van der Waals surface area contributed by atoms with Gasteiger partial charge in [0.15, 0.2) is 0 Å². The summed E-state index contributed by atoms with van der Waals surface area (Å²) in [5.41, 5.74) is 13.3. The molecule has 2 rings (SSSR count). The Bertz CT molecular complexity index is 596. The van der Waals surface area contributed by atoms with E-state index in [0.29, 0.717) is 22.0 Å². The van der Waals surface area contributed by atoms with Crippen LogP contribution in [0.3, 0.4) is 0 Å². The molecule has 3 nitrogen and oxygen atoms in total. The fourth-order valence-electron chi connectivity index (χ4n) is 1.65. The van der Waals surface area contributed by atoms with E-state index in [1.54, 1.807) is 18.2 Å². The molecule has 0 bridgehead atoms. The third kappa shape index (κ3) is 3.43. The standard InChI is InChI=1S/C14H13ClN2OS/c15-11-5-2-6-12(16)13(11)19-8-9-3-1-4-10(7-9)14(17)18/h1-7H,8,16H2,(H2,17,18). The molecule has 0 fully saturated rings. The van der Waals surface area contributed by atoms with Crippen LogP contribution in [0.2, 0.25) is 5.02 Å². The highest BCUT2D eigenvalue weighted by molar-refractivity contribution is 7.98. The van der Waals surface area contributed by atoms with Crippen LogP contribution in [0.15, 0.2) is 47.4 Å². The van der Waals surface area contributed by atoms with Crippen LogP contribution >= 0.6 is 23.4 Å². The maximum Gasteiger partial charge on any atom is 0.248 e. The fraction of sp³-hybridized carbons (Fsp3) is 0.0714. The second-order valence-corrected chi connectivity index (χ2v) is 5.40. The molecule has 0 atom stereocenters. The Kier molecular flexibility index (Phi) is 4.35. The van der Waals surface area contributed by atoms with E-state index in [1.807, 2.05) is 24.3 Å². The maximum atomic E-state index is 11.1. The third-order valence-corrected chi connectivity index (χ3v) is 4.24. The number of rotatable bonds is 4. The first-order chi connectivity index (χ1) is 9.08. The topological polar surface area (TPSA) is 69.1 Å². The molecule has 0 heterocycles. The summed E-state index contributed by atoms with van der Waals surface area (Å²) < 4.78 is 0. The van der Waals surface area contributed by atoms with Crippen LogP contribution in [-0.2, 0) is 5.75 Å². The molecule has 1 amide bonds.